The van der Waals surface area contributed by atoms with Gasteiger partial charge in [0.25, 0.3) is 0 Å². The molecule has 1 aromatic rings. The number of carboxylic acids is 1. The maximum atomic E-state index is 10.7. The van der Waals surface area contributed by atoms with Crippen LogP contribution in [0.25, 0.3) is 0 Å². The second-order valence-electron chi connectivity index (χ2n) is 4.25. The van der Waals surface area contributed by atoms with Gasteiger partial charge in [0.2, 0.25) is 0 Å². The van der Waals surface area contributed by atoms with Crippen molar-refractivity contribution in [2.24, 2.45) is 11.8 Å². The summed E-state index contributed by atoms with van der Waals surface area (Å²) in [6.45, 7) is 4.87. The van der Waals surface area contributed by atoms with Crippen molar-refractivity contribution in [3.05, 3.63) is 12.7 Å². The van der Waals surface area contributed by atoms with Gasteiger partial charge in [-0.2, -0.15) is 0 Å². The van der Waals surface area contributed by atoms with Crippen LogP contribution in [-0.2, 0) is 11.3 Å². The zero-order chi connectivity index (χ0) is 11.3. The standard InChI is InChI=1S/C10H17N3O2/c1-8(2)3-9(4-10(14)15)5-13-6-11-12-7-13/h6-9H,3-5H2,1-2H3,(H,14,15). The van der Waals surface area contributed by atoms with Crippen LogP contribution in [0.4, 0.5) is 0 Å². The van der Waals surface area contributed by atoms with Crippen molar-refractivity contribution in [1.82, 2.24) is 14.8 Å². The van der Waals surface area contributed by atoms with Gasteiger partial charge in [0, 0.05) is 13.0 Å². The molecule has 5 heteroatoms. The van der Waals surface area contributed by atoms with Crippen LogP contribution in [0.3, 0.4) is 0 Å². The molecule has 0 aliphatic carbocycles. The molecule has 0 saturated carbocycles. The maximum absolute atomic E-state index is 10.7. The molecule has 1 rings (SSSR count). The van der Waals surface area contributed by atoms with Crippen LogP contribution >= 0.6 is 0 Å². The van der Waals surface area contributed by atoms with E-state index in [9.17, 15) is 4.79 Å². The van der Waals surface area contributed by atoms with E-state index in [1.165, 1.54) is 0 Å². The molecule has 1 heterocycles. The summed E-state index contributed by atoms with van der Waals surface area (Å²) >= 11 is 0. The van der Waals surface area contributed by atoms with Gasteiger partial charge in [0.1, 0.15) is 12.7 Å². The van der Waals surface area contributed by atoms with Crippen LogP contribution in [0.5, 0.6) is 0 Å². The van der Waals surface area contributed by atoms with Gasteiger partial charge in [0.05, 0.1) is 0 Å². The quantitative estimate of drug-likeness (QED) is 0.772. The summed E-state index contributed by atoms with van der Waals surface area (Å²) in [5.41, 5.74) is 0. The molecule has 0 radical (unpaired) electrons. The second kappa shape index (κ2) is 5.48. The predicted molar refractivity (Wildman–Crippen MR) is 55.2 cm³/mol. The number of hydrogen-bond donors (Lipinski definition) is 1. The minimum absolute atomic E-state index is 0.151. The average Bonchev–Trinajstić information content (AvgIpc) is 2.53. The van der Waals surface area contributed by atoms with Gasteiger partial charge in [-0.1, -0.05) is 13.8 Å². The van der Waals surface area contributed by atoms with Crippen molar-refractivity contribution >= 4 is 5.97 Å². The fraction of sp³-hybridized carbons (Fsp3) is 0.700. The van der Waals surface area contributed by atoms with Crippen LogP contribution < -0.4 is 0 Å². The summed E-state index contributed by atoms with van der Waals surface area (Å²) < 4.78 is 1.83. The molecule has 5 nitrogen and oxygen atoms in total. The number of hydrogen-bond acceptors (Lipinski definition) is 3. The van der Waals surface area contributed by atoms with E-state index in [1.807, 2.05) is 4.57 Å². The molecular formula is C10H17N3O2. The second-order valence-corrected chi connectivity index (χ2v) is 4.25. The van der Waals surface area contributed by atoms with Crippen molar-refractivity contribution in [2.45, 2.75) is 33.2 Å². The molecule has 0 aromatic carbocycles. The molecule has 0 spiro atoms. The first kappa shape index (κ1) is 11.7. The van der Waals surface area contributed by atoms with Crippen molar-refractivity contribution < 1.29 is 9.90 Å². The zero-order valence-corrected chi connectivity index (χ0v) is 9.13. The highest BCUT2D eigenvalue weighted by atomic mass is 16.4. The molecule has 1 unspecified atom stereocenters. The average molecular weight is 211 g/mol. The monoisotopic (exact) mass is 211 g/mol. The Kier molecular flexibility index (Phi) is 4.27. The molecule has 0 fully saturated rings. The van der Waals surface area contributed by atoms with Crippen LogP contribution in [0.2, 0.25) is 0 Å². The Labute approximate surface area is 89.1 Å². The number of aliphatic carboxylic acids is 1. The van der Waals surface area contributed by atoms with Gasteiger partial charge in [-0.3, -0.25) is 4.79 Å². The fourth-order valence-electron chi connectivity index (χ4n) is 1.75. The largest absolute Gasteiger partial charge is 0.481 e. The van der Waals surface area contributed by atoms with Crippen LogP contribution in [-0.4, -0.2) is 25.8 Å². The lowest BCUT2D eigenvalue weighted by Crippen LogP contribution is -2.16. The number of nitrogens with zero attached hydrogens (tertiary/aromatic N) is 3. The molecule has 1 atom stereocenters. The van der Waals surface area contributed by atoms with Crippen LogP contribution in [0.15, 0.2) is 12.7 Å². The van der Waals surface area contributed by atoms with E-state index in [4.69, 9.17) is 5.11 Å². The van der Waals surface area contributed by atoms with Crippen LogP contribution in [0.1, 0.15) is 26.7 Å². The summed E-state index contributed by atoms with van der Waals surface area (Å²) in [4.78, 5) is 10.7. The zero-order valence-electron chi connectivity index (χ0n) is 9.13. The number of rotatable bonds is 6. The summed E-state index contributed by atoms with van der Waals surface area (Å²) in [5.74, 6) is -0.0851. The highest BCUT2D eigenvalue weighted by Gasteiger charge is 2.15. The molecule has 0 saturated heterocycles. The molecule has 1 N–H and O–H groups in total. The van der Waals surface area contributed by atoms with E-state index in [-0.39, 0.29) is 12.3 Å². The molecular weight excluding hydrogens is 194 g/mol. The Morgan fingerprint density at radius 2 is 2.00 bits per heavy atom. The van der Waals surface area contributed by atoms with Gasteiger partial charge in [-0.05, 0) is 18.3 Å². The Morgan fingerprint density at radius 3 is 2.47 bits per heavy atom. The molecule has 15 heavy (non-hydrogen) atoms. The lowest BCUT2D eigenvalue weighted by Gasteiger charge is -2.16. The minimum Gasteiger partial charge on any atom is -0.481 e. The third-order valence-corrected chi connectivity index (χ3v) is 2.20. The van der Waals surface area contributed by atoms with E-state index in [0.717, 1.165) is 6.42 Å². The Hall–Kier alpha value is -1.39. The molecule has 0 amide bonds. The maximum Gasteiger partial charge on any atom is 0.303 e. The first-order chi connectivity index (χ1) is 7.08. The molecule has 84 valence electrons. The lowest BCUT2D eigenvalue weighted by molar-refractivity contribution is -0.138. The highest BCUT2D eigenvalue weighted by Crippen LogP contribution is 2.17. The normalized spacial score (nSPS) is 13.0. The Bertz CT molecular complexity index is 296. The van der Waals surface area contributed by atoms with E-state index >= 15 is 0 Å². The van der Waals surface area contributed by atoms with Crippen molar-refractivity contribution in [1.29, 1.82) is 0 Å². The summed E-state index contributed by atoms with van der Waals surface area (Å²) in [5, 5.41) is 16.2. The summed E-state index contributed by atoms with van der Waals surface area (Å²) in [7, 11) is 0. The van der Waals surface area contributed by atoms with Gasteiger partial charge in [-0.15, -0.1) is 10.2 Å². The first-order valence-corrected chi connectivity index (χ1v) is 5.12. The molecule has 0 aliphatic heterocycles. The van der Waals surface area contributed by atoms with Gasteiger partial charge in [0.15, 0.2) is 0 Å². The fourth-order valence-corrected chi connectivity index (χ4v) is 1.75. The van der Waals surface area contributed by atoms with Gasteiger partial charge in [-0.25, -0.2) is 0 Å². The van der Waals surface area contributed by atoms with E-state index in [1.54, 1.807) is 12.7 Å². The smallest absolute Gasteiger partial charge is 0.303 e. The Balaban J connectivity index is 2.52. The summed E-state index contributed by atoms with van der Waals surface area (Å²) in [6.07, 6.45) is 4.35. The molecule has 1 aromatic heterocycles. The highest BCUT2D eigenvalue weighted by molar-refractivity contribution is 5.66. The van der Waals surface area contributed by atoms with Crippen molar-refractivity contribution in [3.8, 4) is 0 Å². The topological polar surface area (TPSA) is 68.0 Å². The third-order valence-electron chi connectivity index (χ3n) is 2.20. The lowest BCUT2D eigenvalue weighted by atomic mass is 9.94. The predicted octanol–water partition coefficient (Wildman–Crippen LogP) is 1.42. The number of carbonyl (C=O) groups is 1. The molecule has 0 bridgehead atoms. The van der Waals surface area contributed by atoms with E-state index < -0.39 is 5.97 Å². The van der Waals surface area contributed by atoms with Gasteiger partial charge < -0.3 is 9.67 Å². The Morgan fingerprint density at radius 1 is 1.40 bits per heavy atom. The van der Waals surface area contributed by atoms with Crippen molar-refractivity contribution in [2.75, 3.05) is 0 Å². The number of carboxylic acid groups (broad SMARTS) is 1. The number of aromatic nitrogens is 3. The van der Waals surface area contributed by atoms with Crippen molar-refractivity contribution in [3.63, 3.8) is 0 Å². The minimum atomic E-state index is -0.742. The summed E-state index contributed by atoms with van der Waals surface area (Å²) in [6, 6.07) is 0. The first-order valence-electron chi connectivity index (χ1n) is 5.12. The SMILES string of the molecule is CC(C)CC(CC(=O)O)Cn1cnnc1. The molecule has 0 aliphatic rings. The van der Waals surface area contributed by atoms with Crippen LogP contribution in [0, 0.1) is 11.8 Å². The van der Waals surface area contributed by atoms with E-state index in [0.29, 0.717) is 12.5 Å². The third kappa shape index (κ3) is 4.58. The van der Waals surface area contributed by atoms with E-state index in [2.05, 4.69) is 24.0 Å². The van der Waals surface area contributed by atoms with Gasteiger partial charge >= 0.3 is 5.97 Å².